The molecule has 0 saturated carbocycles. The third-order valence-corrected chi connectivity index (χ3v) is 4.64. The summed E-state index contributed by atoms with van der Waals surface area (Å²) in [4.78, 5) is 14.5. The molecule has 120 valence electrons. The van der Waals surface area contributed by atoms with Crippen LogP contribution >= 0.6 is 0 Å². The molecule has 1 atom stereocenters. The Morgan fingerprint density at radius 2 is 1.91 bits per heavy atom. The molecule has 1 amide bonds. The molecule has 0 aromatic heterocycles. The molecule has 0 saturated heterocycles. The first kappa shape index (κ1) is 15.6. The Morgan fingerprint density at radius 3 is 2.74 bits per heavy atom. The summed E-state index contributed by atoms with van der Waals surface area (Å²) in [7, 11) is 0. The first-order chi connectivity index (χ1) is 11.1. The van der Waals surface area contributed by atoms with Crippen molar-refractivity contribution in [2.24, 2.45) is 0 Å². The van der Waals surface area contributed by atoms with E-state index in [9.17, 15) is 4.79 Å². The van der Waals surface area contributed by atoms with E-state index in [1.807, 2.05) is 18.2 Å². The van der Waals surface area contributed by atoms with Crippen LogP contribution in [0.15, 0.2) is 48.5 Å². The largest absolute Gasteiger partial charge is 0.359 e. The average Bonchev–Trinajstić information content (AvgIpc) is 2.85. The number of carbonyl (C=O) groups is 1. The van der Waals surface area contributed by atoms with Crippen molar-refractivity contribution >= 4 is 11.6 Å². The van der Waals surface area contributed by atoms with Crippen molar-refractivity contribution in [1.82, 2.24) is 5.32 Å². The van der Waals surface area contributed by atoms with Crippen LogP contribution in [0.3, 0.4) is 0 Å². The number of hydrogen-bond acceptors (Lipinski definition) is 2. The van der Waals surface area contributed by atoms with Crippen LogP contribution in [0.2, 0.25) is 0 Å². The van der Waals surface area contributed by atoms with Gasteiger partial charge in [-0.15, -0.1) is 0 Å². The lowest BCUT2D eigenvalue weighted by Gasteiger charge is -2.24. The number of carbonyl (C=O) groups excluding carboxylic acids is 1. The normalized spacial score (nSPS) is 16.3. The fourth-order valence-corrected chi connectivity index (χ4v) is 3.31. The smallest absolute Gasteiger partial charge is 0.239 e. The maximum absolute atomic E-state index is 12.3. The minimum atomic E-state index is 0.0992. The van der Waals surface area contributed by atoms with Gasteiger partial charge in [0.1, 0.15) is 0 Å². The molecule has 3 nitrogen and oxygen atoms in total. The molecule has 1 heterocycles. The molecule has 1 N–H and O–H groups in total. The minimum Gasteiger partial charge on any atom is -0.359 e. The number of nitrogens with zero attached hydrogens (tertiary/aromatic N) is 1. The van der Waals surface area contributed by atoms with Crippen LogP contribution in [-0.2, 0) is 17.6 Å². The summed E-state index contributed by atoms with van der Waals surface area (Å²) >= 11 is 0. The zero-order chi connectivity index (χ0) is 16.2. The predicted molar refractivity (Wildman–Crippen MR) is 94.8 cm³/mol. The third kappa shape index (κ3) is 3.55. The number of anilines is 1. The molecule has 3 rings (SSSR count). The number of rotatable bonds is 5. The molecule has 23 heavy (non-hydrogen) atoms. The van der Waals surface area contributed by atoms with Crippen molar-refractivity contribution in [3.05, 3.63) is 65.2 Å². The van der Waals surface area contributed by atoms with E-state index in [1.54, 1.807) is 0 Å². The van der Waals surface area contributed by atoms with Crippen molar-refractivity contribution in [3.63, 3.8) is 0 Å². The molecule has 3 heteroatoms. The number of fused-ring (bicyclic) bond motifs is 1. The predicted octanol–water partition coefficient (Wildman–Crippen LogP) is 3.10. The standard InChI is InChI=1S/C20H24N2O/c1-15-7-3-4-8-17(15)11-12-21-20(23)14-22-16(2)13-18-9-5-6-10-19(18)22/h3-10,16H,11-14H2,1-2H3,(H,21,23)/t16-/m0/s1. The van der Waals surface area contributed by atoms with Gasteiger partial charge in [0, 0.05) is 18.3 Å². The van der Waals surface area contributed by atoms with Crippen LogP contribution in [0.1, 0.15) is 23.6 Å². The molecular weight excluding hydrogens is 284 g/mol. The van der Waals surface area contributed by atoms with Gasteiger partial charge in [0.05, 0.1) is 6.54 Å². The van der Waals surface area contributed by atoms with Gasteiger partial charge in [-0.25, -0.2) is 0 Å². The van der Waals surface area contributed by atoms with E-state index in [-0.39, 0.29) is 5.91 Å². The number of amides is 1. The fraction of sp³-hybridized carbons (Fsp3) is 0.350. The first-order valence-electron chi connectivity index (χ1n) is 8.31. The topological polar surface area (TPSA) is 32.3 Å². The molecule has 0 spiro atoms. The van der Waals surface area contributed by atoms with Crippen LogP contribution in [0, 0.1) is 6.92 Å². The van der Waals surface area contributed by atoms with E-state index in [4.69, 9.17) is 0 Å². The third-order valence-electron chi connectivity index (χ3n) is 4.64. The van der Waals surface area contributed by atoms with Gasteiger partial charge in [-0.3, -0.25) is 4.79 Å². The summed E-state index contributed by atoms with van der Waals surface area (Å²) < 4.78 is 0. The van der Waals surface area contributed by atoms with Crippen molar-refractivity contribution in [3.8, 4) is 0 Å². The second-order valence-electron chi connectivity index (χ2n) is 6.34. The minimum absolute atomic E-state index is 0.0992. The molecule has 2 aromatic carbocycles. The van der Waals surface area contributed by atoms with Gasteiger partial charge >= 0.3 is 0 Å². The van der Waals surface area contributed by atoms with Crippen molar-refractivity contribution < 1.29 is 4.79 Å². The SMILES string of the molecule is Cc1ccccc1CCNC(=O)CN1c2ccccc2C[C@@H]1C. The molecular formula is C20H24N2O. The second-order valence-corrected chi connectivity index (χ2v) is 6.34. The quantitative estimate of drug-likeness (QED) is 0.920. The van der Waals surface area contributed by atoms with Crippen LogP contribution in [0.4, 0.5) is 5.69 Å². The van der Waals surface area contributed by atoms with Gasteiger partial charge < -0.3 is 10.2 Å². The lowest BCUT2D eigenvalue weighted by Crippen LogP contribution is -2.40. The number of aryl methyl sites for hydroxylation is 1. The molecule has 1 aliphatic rings. The summed E-state index contributed by atoms with van der Waals surface area (Å²) in [5.74, 6) is 0.0992. The molecule has 0 radical (unpaired) electrons. The Kier molecular flexibility index (Phi) is 4.65. The number of benzene rings is 2. The molecule has 1 aliphatic heterocycles. The highest BCUT2D eigenvalue weighted by Gasteiger charge is 2.26. The van der Waals surface area contributed by atoms with Crippen LogP contribution in [0.5, 0.6) is 0 Å². The summed E-state index contributed by atoms with van der Waals surface area (Å²) in [6.07, 6.45) is 1.90. The highest BCUT2D eigenvalue weighted by atomic mass is 16.2. The average molecular weight is 308 g/mol. The van der Waals surface area contributed by atoms with Crippen molar-refractivity contribution in [2.45, 2.75) is 32.7 Å². The molecule has 2 aromatic rings. The van der Waals surface area contributed by atoms with Crippen LogP contribution < -0.4 is 10.2 Å². The number of para-hydroxylation sites is 1. The summed E-state index contributed by atoms with van der Waals surface area (Å²) in [6.45, 7) is 5.42. The Morgan fingerprint density at radius 1 is 1.17 bits per heavy atom. The van der Waals surface area contributed by atoms with E-state index in [0.717, 1.165) is 12.8 Å². The van der Waals surface area contributed by atoms with Gasteiger partial charge in [0.2, 0.25) is 5.91 Å². The zero-order valence-corrected chi connectivity index (χ0v) is 13.9. The first-order valence-corrected chi connectivity index (χ1v) is 8.31. The second kappa shape index (κ2) is 6.86. The summed E-state index contributed by atoms with van der Waals surface area (Å²) in [5, 5.41) is 3.06. The van der Waals surface area contributed by atoms with Crippen LogP contribution in [-0.4, -0.2) is 25.0 Å². The molecule has 0 aliphatic carbocycles. The lowest BCUT2D eigenvalue weighted by atomic mass is 10.1. The maximum Gasteiger partial charge on any atom is 0.239 e. The maximum atomic E-state index is 12.3. The molecule has 0 bridgehead atoms. The fourth-order valence-electron chi connectivity index (χ4n) is 3.31. The van der Waals surface area contributed by atoms with Crippen molar-refractivity contribution in [2.75, 3.05) is 18.0 Å². The highest BCUT2D eigenvalue weighted by Crippen LogP contribution is 2.31. The van der Waals surface area contributed by atoms with E-state index >= 15 is 0 Å². The zero-order valence-electron chi connectivity index (χ0n) is 13.9. The molecule has 0 fully saturated rings. The van der Waals surface area contributed by atoms with Gasteiger partial charge in [0.15, 0.2) is 0 Å². The number of nitrogens with one attached hydrogen (secondary N) is 1. The Bertz CT molecular complexity index is 696. The van der Waals surface area contributed by atoms with E-state index < -0.39 is 0 Å². The Balaban J connectivity index is 1.53. The summed E-state index contributed by atoms with van der Waals surface area (Å²) in [5.41, 5.74) is 5.12. The van der Waals surface area contributed by atoms with Gasteiger partial charge in [0.25, 0.3) is 0 Å². The van der Waals surface area contributed by atoms with Gasteiger partial charge in [-0.1, -0.05) is 42.5 Å². The van der Waals surface area contributed by atoms with Crippen LogP contribution in [0.25, 0.3) is 0 Å². The van der Waals surface area contributed by atoms with E-state index in [0.29, 0.717) is 19.1 Å². The van der Waals surface area contributed by atoms with E-state index in [1.165, 1.54) is 22.4 Å². The van der Waals surface area contributed by atoms with Gasteiger partial charge in [-0.05, 0) is 49.4 Å². The Hall–Kier alpha value is -2.29. The lowest BCUT2D eigenvalue weighted by molar-refractivity contribution is -0.119. The Labute approximate surface area is 138 Å². The van der Waals surface area contributed by atoms with Gasteiger partial charge in [-0.2, -0.15) is 0 Å². The molecule has 0 unspecified atom stereocenters. The van der Waals surface area contributed by atoms with Crippen molar-refractivity contribution in [1.29, 1.82) is 0 Å². The number of hydrogen-bond donors (Lipinski definition) is 1. The van der Waals surface area contributed by atoms with E-state index in [2.05, 4.69) is 54.4 Å². The monoisotopic (exact) mass is 308 g/mol. The summed E-state index contributed by atoms with van der Waals surface area (Å²) in [6, 6.07) is 17.1. The highest BCUT2D eigenvalue weighted by molar-refractivity contribution is 5.82.